The van der Waals surface area contributed by atoms with Gasteiger partial charge in [0.2, 0.25) is 23.1 Å². The van der Waals surface area contributed by atoms with Crippen LogP contribution in [-0.4, -0.2) is 23.1 Å². The zero-order chi connectivity index (χ0) is 34.6. The number of hydrogen-bond donors (Lipinski definition) is 0. The van der Waals surface area contributed by atoms with Crippen molar-refractivity contribution in [1.82, 2.24) is 0 Å². The van der Waals surface area contributed by atoms with E-state index in [2.05, 4.69) is 13.8 Å². The minimum Gasteiger partial charge on any atom is -0.285 e. The van der Waals surface area contributed by atoms with Gasteiger partial charge < -0.3 is 0 Å². The molecule has 0 saturated heterocycles. The summed E-state index contributed by atoms with van der Waals surface area (Å²) in [6.07, 6.45) is 5.06. The lowest BCUT2D eigenvalue weighted by Gasteiger charge is -2.23. The molecule has 0 N–H and O–H groups in total. The molecule has 3 heterocycles. The molecule has 4 aliphatic carbocycles. The molecule has 0 radical (unpaired) electrons. The van der Waals surface area contributed by atoms with Gasteiger partial charge in [0.1, 0.15) is 23.3 Å². The lowest BCUT2D eigenvalue weighted by molar-refractivity contribution is -0.110. The van der Waals surface area contributed by atoms with E-state index < -0.39 is 62.8 Å². The van der Waals surface area contributed by atoms with Crippen LogP contribution in [0.4, 0.5) is 17.6 Å². The molecular weight excluding hydrogens is 693 g/mol. The van der Waals surface area contributed by atoms with Gasteiger partial charge in [0.15, 0.2) is 0 Å². The zero-order valence-corrected chi connectivity index (χ0v) is 28.4. The number of rotatable bonds is 2. The highest BCUT2D eigenvalue weighted by Crippen LogP contribution is 2.63. The molecule has 5 aromatic rings. The third kappa shape index (κ3) is 3.83. The Morgan fingerprint density at radius 1 is 0.592 bits per heavy atom. The molecule has 0 unspecified atom stereocenters. The van der Waals surface area contributed by atoms with E-state index in [9.17, 15) is 36.7 Å². The monoisotopic (exact) mass is 712 g/mol. The maximum absolute atomic E-state index is 14.9. The van der Waals surface area contributed by atoms with Crippen molar-refractivity contribution >= 4 is 89.8 Å². The maximum atomic E-state index is 14.9. The Morgan fingerprint density at radius 2 is 1.22 bits per heavy atom. The van der Waals surface area contributed by atoms with E-state index in [0.717, 1.165) is 52.9 Å². The number of Topliss-reactive ketones (excluding diaryl/α,β-unsaturated/α-hetero) is 4. The average molecular weight is 713 g/mol. The molecule has 0 amide bonds. The Bertz CT molecular complexity index is 2620. The highest BCUT2D eigenvalue weighted by atomic mass is 32.1. The molecule has 242 valence electrons. The van der Waals surface area contributed by atoms with Crippen LogP contribution in [0.1, 0.15) is 86.0 Å². The number of allylic oxidation sites excluding steroid dienone is 4. The number of carbonyl (C=O) groups excluding carboxylic acids is 4. The Hall–Kier alpha value is -4.58. The number of ketones is 4. The smallest absolute Gasteiger partial charge is 0.237 e. The number of benzene rings is 2. The van der Waals surface area contributed by atoms with Crippen LogP contribution >= 0.6 is 34.0 Å². The van der Waals surface area contributed by atoms with E-state index in [4.69, 9.17) is 0 Å². The van der Waals surface area contributed by atoms with Gasteiger partial charge in [0.05, 0.1) is 19.8 Å². The Kier molecular flexibility index (Phi) is 5.94. The first-order valence-corrected chi connectivity index (χ1v) is 17.6. The molecule has 3 aromatic heterocycles. The molecule has 0 fully saturated rings. The topological polar surface area (TPSA) is 68.3 Å². The standard InChI is InChI=1S/C38H20F4O4S3/c1-37(2)13(5-19-25-20(31(45)30(19)44)8-15(40)9-22(25)41)6-24-27(37)34-36(48-24)28-35(49-34)33-21(38(28,3)4)12-16(47-33)11-18-17-7-14(39)10-23(42)26(17)32(46)29(18)43/h5-12H,1-4H3/b18-11-,19-5-. The van der Waals surface area contributed by atoms with E-state index in [0.29, 0.717) is 17.0 Å². The first-order valence-electron chi connectivity index (χ1n) is 15.2. The number of hydrogen-bond acceptors (Lipinski definition) is 7. The van der Waals surface area contributed by atoms with Gasteiger partial charge in [-0.15, -0.1) is 34.0 Å². The second kappa shape index (κ2) is 9.56. The predicted molar refractivity (Wildman–Crippen MR) is 183 cm³/mol. The van der Waals surface area contributed by atoms with Crippen molar-refractivity contribution in [3.05, 3.63) is 114 Å². The molecule has 4 nitrogen and oxygen atoms in total. The predicted octanol–water partition coefficient (Wildman–Crippen LogP) is 9.72. The van der Waals surface area contributed by atoms with Gasteiger partial charge in [-0.1, -0.05) is 27.7 Å². The van der Waals surface area contributed by atoms with Gasteiger partial charge in [-0.2, -0.15) is 0 Å². The van der Waals surface area contributed by atoms with Gasteiger partial charge >= 0.3 is 0 Å². The highest BCUT2D eigenvalue weighted by molar-refractivity contribution is 7.32. The Morgan fingerprint density at radius 3 is 1.94 bits per heavy atom. The second-order valence-corrected chi connectivity index (χ2v) is 16.8. The fourth-order valence-electron chi connectivity index (χ4n) is 7.65. The SMILES string of the molecule is CC1(C)C(/C=C2\C(=O)C(=O)c3cc(F)cc(F)c32)=Cc2sc3c4c(sc3c21)-c1sc(/C=C2\C(=O)C(=O)c3c(F)cc(F)cc32)cc1C4(C)C. The third-order valence-corrected chi connectivity index (χ3v) is 13.8. The normalized spacial score (nSPS) is 19.7. The summed E-state index contributed by atoms with van der Waals surface area (Å²) in [4.78, 5) is 54.8. The van der Waals surface area contributed by atoms with E-state index in [1.54, 1.807) is 28.7 Å². The molecule has 2 aromatic carbocycles. The minimum absolute atomic E-state index is 0.0362. The van der Waals surface area contributed by atoms with Crippen LogP contribution in [0.3, 0.4) is 0 Å². The summed E-state index contributed by atoms with van der Waals surface area (Å²) in [5, 5.41) is 0. The first-order chi connectivity index (χ1) is 23.1. The van der Waals surface area contributed by atoms with Gasteiger partial charge in [0.25, 0.3) is 0 Å². The molecule has 0 bridgehead atoms. The lowest BCUT2D eigenvalue weighted by Crippen LogP contribution is -2.16. The summed E-state index contributed by atoms with van der Waals surface area (Å²) >= 11 is 4.71. The lowest BCUT2D eigenvalue weighted by atomic mass is 9.80. The summed E-state index contributed by atoms with van der Waals surface area (Å²) < 4.78 is 59.6. The molecule has 4 aliphatic rings. The van der Waals surface area contributed by atoms with Crippen LogP contribution in [0.2, 0.25) is 0 Å². The Balaban J connectivity index is 1.14. The van der Waals surface area contributed by atoms with E-state index in [-0.39, 0.29) is 27.8 Å². The Labute approximate surface area is 287 Å². The first kappa shape index (κ1) is 30.5. The quantitative estimate of drug-likeness (QED) is 0.104. The van der Waals surface area contributed by atoms with Crippen LogP contribution in [0.15, 0.2) is 42.0 Å². The fourth-order valence-corrected chi connectivity index (χ4v) is 12.5. The van der Waals surface area contributed by atoms with Crippen LogP contribution in [0, 0.1) is 23.3 Å². The van der Waals surface area contributed by atoms with Gasteiger partial charge in [-0.05, 0) is 58.7 Å². The van der Waals surface area contributed by atoms with Crippen LogP contribution in [0.5, 0.6) is 0 Å². The largest absolute Gasteiger partial charge is 0.285 e. The molecule has 0 spiro atoms. The molecule has 11 heteroatoms. The van der Waals surface area contributed by atoms with Crippen LogP contribution in [0.25, 0.3) is 42.5 Å². The second-order valence-electron chi connectivity index (χ2n) is 13.6. The van der Waals surface area contributed by atoms with E-state index >= 15 is 0 Å². The van der Waals surface area contributed by atoms with Crippen LogP contribution in [-0.2, 0) is 20.4 Å². The zero-order valence-electron chi connectivity index (χ0n) is 26.0. The summed E-state index contributed by atoms with van der Waals surface area (Å²) in [5.74, 6) is -7.48. The summed E-state index contributed by atoms with van der Waals surface area (Å²) in [5.41, 5.74) is 1.94. The molecule has 0 atom stereocenters. The minimum atomic E-state index is -1.06. The summed E-state index contributed by atoms with van der Waals surface area (Å²) in [7, 11) is 0. The van der Waals surface area contributed by atoms with E-state index in [1.165, 1.54) is 23.0 Å². The van der Waals surface area contributed by atoms with Crippen LogP contribution < -0.4 is 0 Å². The summed E-state index contributed by atoms with van der Waals surface area (Å²) in [6.45, 7) is 8.27. The number of carbonyl (C=O) groups is 4. The highest BCUT2D eigenvalue weighted by Gasteiger charge is 2.46. The van der Waals surface area contributed by atoms with Crippen molar-refractivity contribution < 1.29 is 36.7 Å². The van der Waals surface area contributed by atoms with Gasteiger partial charge in [-0.25, -0.2) is 17.6 Å². The number of fused-ring (bicyclic) bond motifs is 9. The van der Waals surface area contributed by atoms with Gasteiger partial charge in [-0.3, -0.25) is 19.2 Å². The molecule has 49 heavy (non-hydrogen) atoms. The number of thiophene rings is 3. The third-order valence-electron chi connectivity index (χ3n) is 10.1. The van der Waals surface area contributed by atoms with Crippen molar-refractivity contribution in [2.75, 3.05) is 0 Å². The number of halogens is 4. The van der Waals surface area contributed by atoms with E-state index in [1.807, 2.05) is 26.0 Å². The van der Waals surface area contributed by atoms with Gasteiger partial charge in [0, 0.05) is 65.4 Å². The molecule has 0 saturated carbocycles. The van der Waals surface area contributed by atoms with Crippen molar-refractivity contribution in [1.29, 1.82) is 0 Å². The summed E-state index contributed by atoms with van der Waals surface area (Å²) in [6, 6.07) is 5.15. The molecule has 0 aliphatic heterocycles. The van der Waals surface area contributed by atoms with Crippen molar-refractivity contribution in [2.24, 2.45) is 0 Å². The van der Waals surface area contributed by atoms with Crippen molar-refractivity contribution in [3.63, 3.8) is 0 Å². The van der Waals surface area contributed by atoms with Crippen molar-refractivity contribution in [2.45, 2.75) is 38.5 Å². The van der Waals surface area contributed by atoms with Crippen molar-refractivity contribution in [3.8, 4) is 9.75 Å². The maximum Gasteiger partial charge on any atom is 0.237 e. The molecule has 9 rings (SSSR count). The fraction of sp³-hybridized carbons (Fsp3) is 0.158. The average Bonchev–Trinajstić information content (AvgIpc) is 3.83. The molecular formula is C38H20F4O4S3.